The second-order valence-corrected chi connectivity index (χ2v) is 6.27. The van der Waals surface area contributed by atoms with Gasteiger partial charge in [-0.15, -0.1) is 0 Å². The third-order valence-corrected chi connectivity index (χ3v) is 4.26. The Balaban J connectivity index is 1.74. The number of carbonyl (C=O) groups is 3. The van der Waals surface area contributed by atoms with Gasteiger partial charge >= 0.3 is 12.3 Å². The van der Waals surface area contributed by atoms with Gasteiger partial charge in [0, 0.05) is 5.56 Å². The van der Waals surface area contributed by atoms with Crippen LogP contribution in [0, 0.1) is 0 Å². The SMILES string of the molecule is NC(=O)c1ccc([C@@H]2[C@H](OC(=O)NCc3ccco3)C(=O)N2CC(F)(F)F)cc1. The van der Waals surface area contributed by atoms with Gasteiger partial charge in [0.2, 0.25) is 12.0 Å². The molecule has 1 fully saturated rings. The van der Waals surface area contributed by atoms with Gasteiger partial charge in [0.15, 0.2) is 0 Å². The quantitative estimate of drug-likeness (QED) is 0.707. The van der Waals surface area contributed by atoms with Crippen LogP contribution in [0.15, 0.2) is 47.1 Å². The summed E-state index contributed by atoms with van der Waals surface area (Å²) in [5, 5.41) is 2.35. The first kappa shape index (κ1) is 20.2. The van der Waals surface area contributed by atoms with Crippen molar-refractivity contribution in [3.63, 3.8) is 0 Å². The van der Waals surface area contributed by atoms with E-state index in [0.29, 0.717) is 10.7 Å². The number of nitrogens with two attached hydrogens (primary N) is 1. The van der Waals surface area contributed by atoms with Gasteiger partial charge in [0.1, 0.15) is 18.3 Å². The summed E-state index contributed by atoms with van der Waals surface area (Å²) < 4.78 is 48.6. The summed E-state index contributed by atoms with van der Waals surface area (Å²) in [6.07, 6.45) is -5.65. The first-order valence-electron chi connectivity index (χ1n) is 8.39. The molecule has 154 valence electrons. The van der Waals surface area contributed by atoms with Crippen molar-refractivity contribution in [1.82, 2.24) is 10.2 Å². The monoisotopic (exact) mass is 411 g/mol. The Morgan fingerprint density at radius 3 is 2.45 bits per heavy atom. The molecule has 3 N–H and O–H groups in total. The summed E-state index contributed by atoms with van der Waals surface area (Å²) in [4.78, 5) is 35.9. The molecular formula is C18H16F3N3O5. The topological polar surface area (TPSA) is 115 Å². The highest BCUT2D eigenvalue weighted by atomic mass is 19.4. The maximum atomic E-state index is 12.8. The molecule has 2 aromatic rings. The number of halogens is 3. The average Bonchev–Trinajstić information content (AvgIpc) is 3.18. The van der Waals surface area contributed by atoms with E-state index in [2.05, 4.69) is 5.32 Å². The Labute approximate surface area is 162 Å². The standard InChI is InChI=1S/C18H16F3N3O5/c19-18(20,21)9-24-13(10-3-5-11(6-4-10)15(22)25)14(16(24)26)29-17(27)23-8-12-2-1-7-28-12/h1-7,13-14H,8-9H2,(H2,22,25)(H,23,27)/t13-,14+/m1/s1. The van der Waals surface area contributed by atoms with Crippen molar-refractivity contribution in [3.8, 4) is 0 Å². The van der Waals surface area contributed by atoms with E-state index in [1.807, 2.05) is 0 Å². The molecule has 1 aliphatic heterocycles. The summed E-state index contributed by atoms with van der Waals surface area (Å²) in [5.74, 6) is -1.25. The van der Waals surface area contributed by atoms with E-state index in [0.717, 1.165) is 0 Å². The van der Waals surface area contributed by atoms with Gasteiger partial charge in [-0.25, -0.2) is 4.79 Å². The number of ether oxygens (including phenoxy) is 1. The molecule has 11 heteroatoms. The van der Waals surface area contributed by atoms with Gasteiger partial charge in [0.05, 0.1) is 12.8 Å². The minimum atomic E-state index is -4.63. The molecule has 1 aliphatic rings. The Hall–Kier alpha value is -3.50. The number of benzene rings is 1. The van der Waals surface area contributed by atoms with Crippen LogP contribution < -0.4 is 11.1 Å². The highest BCUT2D eigenvalue weighted by molar-refractivity contribution is 5.93. The van der Waals surface area contributed by atoms with E-state index in [-0.39, 0.29) is 17.7 Å². The van der Waals surface area contributed by atoms with Crippen molar-refractivity contribution < 1.29 is 36.7 Å². The van der Waals surface area contributed by atoms with Crippen LogP contribution in [0.1, 0.15) is 27.7 Å². The molecule has 8 nitrogen and oxygen atoms in total. The second-order valence-electron chi connectivity index (χ2n) is 6.27. The third kappa shape index (κ3) is 4.68. The van der Waals surface area contributed by atoms with E-state index >= 15 is 0 Å². The number of furan rings is 1. The number of likely N-dealkylation sites (tertiary alicyclic amines) is 1. The van der Waals surface area contributed by atoms with Gasteiger partial charge < -0.3 is 25.1 Å². The molecule has 3 amide bonds. The molecule has 0 spiro atoms. The highest BCUT2D eigenvalue weighted by Crippen LogP contribution is 2.39. The molecule has 2 atom stereocenters. The van der Waals surface area contributed by atoms with E-state index < -0.39 is 42.8 Å². The van der Waals surface area contributed by atoms with Crippen LogP contribution in [0.4, 0.5) is 18.0 Å². The van der Waals surface area contributed by atoms with Crippen molar-refractivity contribution in [2.24, 2.45) is 5.73 Å². The fourth-order valence-corrected chi connectivity index (χ4v) is 2.93. The Morgan fingerprint density at radius 1 is 1.21 bits per heavy atom. The lowest BCUT2D eigenvalue weighted by Gasteiger charge is -2.46. The Bertz CT molecular complexity index is 896. The van der Waals surface area contributed by atoms with Gasteiger partial charge in [-0.1, -0.05) is 12.1 Å². The van der Waals surface area contributed by atoms with E-state index in [4.69, 9.17) is 14.9 Å². The molecule has 0 unspecified atom stereocenters. The minimum Gasteiger partial charge on any atom is -0.467 e. The van der Waals surface area contributed by atoms with Gasteiger partial charge in [-0.2, -0.15) is 13.2 Å². The van der Waals surface area contributed by atoms with Crippen LogP contribution in [0.5, 0.6) is 0 Å². The number of nitrogens with zero attached hydrogens (tertiary/aromatic N) is 1. The van der Waals surface area contributed by atoms with Crippen molar-refractivity contribution in [1.29, 1.82) is 0 Å². The van der Waals surface area contributed by atoms with Crippen LogP contribution in [0.25, 0.3) is 0 Å². The van der Waals surface area contributed by atoms with E-state index in [1.54, 1.807) is 12.1 Å². The van der Waals surface area contributed by atoms with E-state index in [9.17, 15) is 27.6 Å². The predicted octanol–water partition coefficient (Wildman–Crippen LogP) is 2.12. The van der Waals surface area contributed by atoms with Gasteiger partial charge in [-0.3, -0.25) is 9.59 Å². The third-order valence-electron chi connectivity index (χ3n) is 4.26. The van der Waals surface area contributed by atoms with Crippen molar-refractivity contribution >= 4 is 17.9 Å². The first-order valence-corrected chi connectivity index (χ1v) is 8.39. The zero-order chi connectivity index (χ0) is 21.2. The zero-order valence-electron chi connectivity index (χ0n) is 14.8. The summed E-state index contributed by atoms with van der Waals surface area (Å²) in [6.45, 7) is -1.51. The van der Waals surface area contributed by atoms with Crippen molar-refractivity contribution in [2.75, 3.05) is 6.54 Å². The number of primary amides is 1. The maximum Gasteiger partial charge on any atom is 0.408 e. The molecule has 2 heterocycles. The lowest BCUT2D eigenvalue weighted by atomic mass is 9.90. The van der Waals surface area contributed by atoms with Crippen LogP contribution in [-0.4, -0.2) is 41.6 Å². The summed E-state index contributed by atoms with van der Waals surface area (Å²) in [5.41, 5.74) is 5.56. The summed E-state index contributed by atoms with van der Waals surface area (Å²) in [6, 6.07) is 7.41. The number of amides is 3. The molecule has 0 radical (unpaired) electrons. The number of nitrogens with one attached hydrogen (secondary N) is 1. The molecule has 0 saturated carbocycles. The lowest BCUT2D eigenvalue weighted by Crippen LogP contribution is -2.62. The molecular weight excluding hydrogens is 395 g/mol. The molecule has 0 aliphatic carbocycles. The fraction of sp³-hybridized carbons (Fsp3) is 0.278. The predicted molar refractivity (Wildman–Crippen MR) is 91.3 cm³/mol. The highest BCUT2D eigenvalue weighted by Gasteiger charge is 2.54. The molecule has 3 rings (SSSR count). The van der Waals surface area contributed by atoms with Crippen LogP contribution >= 0.6 is 0 Å². The molecule has 1 saturated heterocycles. The van der Waals surface area contributed by atoms with Gasteiger partial charge in [0.25, 0.3) is 5.91 Å². The average molecular weight is 411 g/mol. The lowest BCUT2D eigenvalue weighted by molar-refractivity contribution is -0.196. The zero-order valence-corrected chi connectivity index (χ0v) is 14.8. The Morgan fingerprint density at radius 2 is 1.90 bits per heavy atom. The largest absolute Gasteiger partial charge is 0.467 e. The van der Waals surface area contributed by atoms with Gasteiger partial charge in [-0.05, 0) is 29.8 Å². The van der Waals surface area contributed by atoms with Crippen LogP contribution in [0.2, 0.25) is 0 Å². The number of hydrogen-bond acceptors (Lipinski definition) is 5. The smallest absolute Gasteiger partial charge is 0.408 e. The van der Waals surface area contributed by atoms with Crippen molar-refractivity contribution in [3.05, 3.63) is 59.5 Å². The normalized spacial score (nSPS) is 18.9. The maximum absolute atomic E-state index is 12.8. The Kier molecular flexibility index (Phi) is 5.48. The number of carbonyl (C=O) groups excluding carboxylic acids is 3. The second kappa shape index (κ2) is 7.86. The first-order chi connectivity index (χ1) is 13.7. The number of hydrogen-bond donors (Lipinski definition) is 2. The minimum absolute atomic E-state index is 0.0169. The van der Waals surface area contributed by atoms with Crippen molar-refractivity contribution in [2.45, 2.75) is 24.9 Å². The molecule has 0 bridgehead atoms. The fourth-order valence-electron chi connectivity index (χ4n) is 2.93. The molecule has 29 heavy (non-hydrogen) atoms. The van der Waals surface area contributed by atoms with Crippen LogP contribution in [0.3, 0.4) is 0 Å². The number of alkyl halides is 3. The molecule has 1 aromatic heterocycles. The summed E-state index contributed by atoms with van der Waals surface area (Å²) in [7, 11) is 0. The number of alkyl carbamates (subject to hydrolysis) is 1. The van der Waals surface area contributed by atoms with Crippen LogP contribution in [-0.2, 0) is 16.1 Å². The molecule has 1 aromatic carbocycles. The number of rotatable bonds is 6. The number of β-lactam (4-membered cyclic amide) rings is 1. The van der Waals surface area contributed by atoms with E-state index in [1.165, 1.54) is 30.5 Å². The summed E-state index contributed by atoms with van der Waals surface area (Å²) >= 11 is 0.